The van der Waals surface area contributed by atoms with Gasteiger partial charge in [-0.25, -0.2) is 4.79 Å². The van der Waals surface area contributed by atoms with Crippen LogP contribution in [0.3, 0.4) is 0 Å². The Morgan fingerprint density at radius 3 is 2.53 bits per heavy atom. The SMILES string of the molecule is CCCCC(=O)C(=O)O[C@@H]1C[C@H](C)CC[C@H]1C(C)C. The van der Waals surface area contributed by atoms with Crippen LogP contribution in [0.1, 0.15) is 66.2 Å². The second-order valence-corrected chi connectivity index (χ2v) is 6.30. The third-order valence-corrected chi connectivity index (χ3v) is 4.20. The minimum absolute atomic E-state index is 0.0678. The molecule has 0 spiro atoms. The molecule has 19 heavy (non-hydrogen) atoms. The Morgan fingerprint density at radius 2 is 1.95 bits per heavy atom. The number of unbranched alkanes of at least 4 members (excludes halogenated alkanes) is 1. The molecule has 3 heteroatoms. The number of rotatable bonds is 6. The van der Waals surface area contributed by atoms with E-state index in [2.05, 4.69) is 20.8 Å². The van der Waals surface area contributed by atoms with E-state index in [9.17, 15) is 9.59 Å². The minimum Gasteiger partial charge on any atom is -0.456 e. The van der Waals surface area contributed by atoms with Crippen molar-refractivity contribution in [2.75, 3.05) is 0 Å². The Kier molecular flexibility index (Phi) is 6.53. The van der Waals surface area contributed by atoms with Gasteiger partial charge >= 0.3 is 5.97 Å². The van der Waals surface area contributed by atoms with Crippen LogP contribution >= 0.6 is 0 Å². The zero-order chi connectivity index (χ0) is 14.4. The summed E-state index contributed by atoms with van der Waals surface area (Å²) in [5, 5.41) is 0. The van der Waals surface area contributed by atoms with Crippen molar-refractivity contribution >= 4 is 11.8 Å². The summed E-state index contributed by atoms with van der Waals surface area (Å²) in [6.45, 7) is 8.54. The second-order valence-electron chi connectivity index (χ2n) is 6.30. The quantitative estimate of drug-likeness (QED) is 0.544. The molecule has 0 N–H and O–H groups in total. The van der Waals surface area contributed by atoms with E-state index >= 15 is 0 Å². The molecule has 0 bridgehead atoms. The van der Waals surface area contributed by atoms with Crippen molar-refractivity contribution < 1.29 is 14.3 Å². The molecule has 1 rings (SSSR count). The lowest BCUT2D eigenvalue weighted by Gasteiger charge is -2.36. The summed E-state index contributed by atoms with van der Waals surface area (Å²) in [6, 6.07) is 0. The van der Waals surface area contributed by atoms with E-state index in [4.69, 9.17) is 4.74 Å². The van der Waals surface area contributed by atoms with Gasteiger partial charge in [-0.1, -0.05) is 40.5 Å². The van der Waals surface area contributed by atoms with Gasteiger partial charge in [0.2, 0.25) is 5.78 Å². The van der Waals surface area contributed by atoms with Crippen LogP contribution in [-0.2, 0) is 14.3 Å². The normalized spacial score (nSPS) is 27.3. The van der Waals surface area contributed by atoms with Gasteiger partial charge in [0.05, 0.1) is 0 Å². The molecule has 1 aliphatic rings. The van der Waals surface area contributed by atoms with E-state index in [1.165, 1.54) is 6.42 Å². The van der Waals surface area contributed by atoms with Crippen molar-refractivity contribution in [3.8, 4) is 0 Å². The first-order valence-electron chi connectivity index (χ1n) is 7.69. The van der Waals surface area contributed by atoms with E-state index in [0.717, 1.165) is 25.7 Å². The summed E-state index contributed by atoms with van der Waals surface area (Å²) in [6.07, 6.45) is 5.14. The Hall–Kier alpha value is -0.860. The first kappa shape index (κ1) is 16.2. The van der Waals surface area contributed by atoms with Gasteiger partial charge in [0, 0.05) is 6.42 Å². The number of carbonyl (C=O) groups is 2. The lowest BCUT2D eigenvalue weighted by atomic mass is 9.75. The average Bonchev–Trinajstić information content (AvgIpc) is 2.35. The predicted octanol–water partition coefficient (Wildman–Crippen LogP) is 3.75. The molecule has 1 fully saturated rings. The van der Waals surface area contributed by atoms with Gasteiger partial charge < -0.3 is 4.74 Å². The molecule has 1 saturated carbocycles. The van der Waals surface area contributed by atoms with Crippen LogP contribution < -0.4 is 0 Å². The number of ketones is 1. The summed E-state index contributed by atoms with van der Waals surface area (Å²) >= 11 is 0. The third-order valence-electron chi connectivity index (χ3n) is 4.20. The smallest absolute Gasteiger partial charge is 0.374 e. The number of hydrogen-bond acceptors (Lipinski definition) is 3. The van der Waals surface area contributed by atoms with Gasteiger partial charge in [0.25, 0.3) is 0 Å². The molecule has 0 aliphatic heterocycles. The fourth-order valence-electron chi connectivity index (χ4n) is 2.89. The Bertz CT molecular complexity index is 309. The van der Waals surface area contributed by atoms with Crippen molar-refractivity contribution in [2.24, 2.45) is 17.8 Å². The van der Waals surface area contributed by atoms with Crippen molar-refractivity contribution in [2.45, 2.75) is 72.3 Å². The minimum atomic E-state index is -0.613. The van der Waals surface area contributed by atoms with Gasteiger partial charge in [0.1, 0.15) is 6.10 Å². The van der Waals surface area contributed by atoms with Gasteiger partial charge in [-0.2, -0.15) is 0 Å². The lowest BCUT2D eigenvalue weighted by Crippen LogP contribution is -2.37. The fraction of sp³-hybridized carbons (Fsp3) is 0.875. The highest BCUT2D eigenvalue weighted by molar-refractivity contribution is 6.33. The van der Waals surface area contributed by atoms with E-state index in [1.54, 1.807) is 0 Å². The van der Waals surface area contributed by atoms with Crippen LogP contribution in [0.4, 0.5) is 0 Å². The molecular formula is C16H28O3. The van der Waals surface area contributed by atoms with E-state index in [0.29, 0.717) is 24.2 Å². The zero-order valence-corrected chi connectivity index (χ0v) is 12.8. The Labute approximate surface area is 117 Å². The number of ether oxygens (including phenoxy) is 1. The molecular weight excluding hydrogens is 240 g/mol. The maximum Gasteiger partial charge on any atom is 0.374 e. The van der Waals surface area contributed by atoms with Crippen molar-refractivity contribution in [1.29, 1.82) is 0 Å². The Balaban J connectivity index is 2.55. The van der Waals surface area contributed by atoms with Crippen molar-refractivity contribution in [1.82, 2.24) is 0 Å². The molecule has 0 aromatic heterocycles. The standard InChI is InChI=1S/C16H28O3/c1-5-6-7-14(17)16(18)19-15-10-12(4)8-9-13(15)11(2)3/h11-13,15H,5-10H2,1-4H3/t12-,13+,15-/m1/s1. The van der Waals surface area contributed by atoms with E-state index in [-0.39, 0.29) is 11.9 Å². The molecule has 0 aromatic rings. The first-order chi connectivity index (χ1) is 8.95. The monoisotopic (exact) mass is 268 g/mol. The maximum atomic E-state index is 11.8. The highest BCUT2D eigenvalue weighted by Crippen LogP contribution is 2.35. The summed E-state index contributed by atoms with van der Waals surface area (Å²) in [4.78, 5) is 23.5. The average molecular weight is 268 g/mol. The van der Waals surface area contributed by atoms with Gasteiger partial charge in [-0.3, -0.25) is 4.79 Å². The fourth-order valence-corrected chi connectivity index (χ4v) is 2.89. The van der Waals surface area contributed by atoms with Crippen molar-refractivity contribution in [3.63, 3.8) is 0 Å². The van der Waals surface area contributed by atoms with E-state index in [1.807, 2.05) is 6.92 Å². The van der Waals surface area contributed by atoms with Gasteiger partial charge in [-0.15, -0.1) is 0 Å². The molecule has 0 aromatic carbocycles. The summed E-state index contributed by atoms with van der Waals surface area (Å²) in [5.74, 6) is 0.509. The number of esters is 1. The summed E-state index contributed by atoms with van der Waals surface area (Å²) in [5.41, 5.74) is 0. The topological polar surface area (TPSA) is 43.4 Å². The molecule has 0 saturated heterocycles. The van der Waals surface area contributed by atoms with Gasteiger partial charge in [-0.05, 0) is 37.0 Å². The van der Waals surface area contributed by atoms with Crippen LogP contribution in [0, 0.1) is 17.8 Å². The van der Waals surface area contributed by atoms with Gasteiger partial charge in [0.15, 0.2) is 0 Å². The van der Waals surface area contributed by atoms with Crippen LogP contribution in [0.2, 0.25) is 0 Å². The molecule has 3 atom stereocenters. The molecule has 0 radical (unpaired) electrons. The zero-order valence-electron chi connectivity index (χ0n) is 12.8. The number of hydrogen-bond donors (Lipinski definition) is 0. The highest BCUT2D eigenvalue weighted by atomic mass is 16.5. The van der Waals surface area contributed by atoms with E-state index < -0.39 is 5.97 Å². The van der Waals surface area contributed by atoms with Crippen LogP contribution in [0.15, 0.2) is 0 Å². The van der Waals surface area contributed by atoms with Crippen LogP contribution in [0.5, 0.6) is 0 Å². The van der Waals surface area contributed by atoms with Crippen LogP contribution in [0.25, 0.3) is 0 Å². The summed E-state index contributed by atoms with van der Waals surface area (Å²) in [7, 11) is 0. The molecule has 0 heterocycles. The second kappa shape index (κ2) is 7.66. The molecule has 110 valence electrons. The molecule has 1 aliphatic carbocycles. The largest absolute Gasteiger partial charge is 0.456 e. The number of carbonyl (C=O) groups excluding carboxylic acids is 2. The van der Waals surface area contributed by atoms with Crippen LogP contribution in [-0.4, -0.2) is 17.9 Å². The lowest BCUT2D eigenvalue weighted by molar-refractivity contribution is -0.163. The summed E-state index contributed by atoms with van der Waals surface area (Å²) < 4.78 is 5.51. The number of Topliss-reactive ketones (excluding diaryl/α,β-unsaturated/α-hetero) is 1. The maximum absolute atomic E-state index is 11.8. The van der Waals surface area contributed by atoms with Crippen molar-refractivity contribution in [3.05, 3.63) is 0 Å². The molecule has 0 unspecified atom stereocenters. The molecule has 3 nitrogen and oxygen atoms in total. The molecule has 0 amide bonds. The Morgan fingerprint density at radius 1 is 1.26 bits per heavy atom. The third kappa shape index (κ3) is 4.96. The predicted molar refractivity (Wildman–Crippen MR) is 75.8 cm³/mol. The highest BCUT2D eigenvalue weighted by Gasteiger charge is 2.34. The first-order valence-corrected chi connectivity index (χ1v) is 7.69.